The van der Waals surface area contributed by atoms with E-state index in [1.807, 2.05) is 6.07 Å². The van der Waals surface area contributed by atoms with Gasteiger partial charge < -0.3 is 20.1 Å². The maximum Gasteiger partial charge on any atom is 0.409 e. The number of aliphatic hydroxyl groups is 1. The number of carbonyl (C=O) groups is 2. The van der Waals surface area contributed by atoms with Crippen molar-refractivity contribution in [2.45, 2.75) is 31.8 Å². The molecule has 2 aromatic heterocycles. The number of fused-ring (bicyclic) bond motifs is 1. The molecule has 0 radical (unpaired) electrons. The van der Waals surface area contributed by atoms with Crippen LogP contribution in [0.1, 0.15) is 34.4 Å². The molecule has 1 aliphatic carbocycles. The number of anilines is 1. The highest BCUT2D eigenvalue weighted by molar-refractivity contribution is 7.16. The molecule has 166 valence electrons. The summed E-state index contributed by atoms with van der Waals surface area (Å²) in [5, 5.41) is 22.6. The van der Waals surface area contributed by atoms with Gasteiger partial charge in [-0.05, 0) is 54.9 Å². The lowest BCUT2D eigenvalue weighted by molar-refractivity contribution is -0.111. The number of nitriles is 1. The molecule has 2 aliphatic rings. The van der Waals surface area contributed by atoms with Crippen LogP contribution in [0.3, 0.4) is 0 Å². The molecule has 2 aromatic rings. The monoisotopic (exact) mass is 452 g/mol. The topological polar surface area (TPSA) is 116 Å². The van der Waals surface area contributed by atoms with Gasteiger partial charge in [0.15, 0.2) is 0 Å². The standard InChI is InChI=1S/C23H24N4O4S/c24-11-19-18-5-3-16(14-31-23(30)27-9-7-17(28)13-27)10-20(18)32-22(19)26-21(29)6-4-15-2-1-8-25-12-15/h1-2,4,6,8,12,16-17,28H,3,5,7,9-10,13-14H2,(H,26,29)/b6-4+/t16?,17-/m1/s1. The molecule has 0 bridgehead atoms. The van der Waals surface area contributed by atoms with Crippen molar-refractivity contribution in [2.75, 3.05) is 25.0 Å². The highest BCUT2D eigenvalue weighted by Gasteiger charge is 2.29. The van der Waals surface area contributed by atoms with Gasteiger partial charge in [0.2, 0.25) is 5.91 Å². The zero-order chi connectivity index (χ0) is 22.5. The first kappa shape index (κ1) is 22.0. The largest absolute Gasteiger partial charge is 0.449 e. The van der Waals surface area contributed by atoms with Crippen LogP contribution in [0.5, 0.6) is 0 Å². The lowest BCUT2D eigenvalue weighted by Gasteiger charge is -2.23. The van der Waals surface area contributed by atoms with Gasteiger partial charge in [-0.2, -0.15) is 5.26 Å². The minimum atomic E-state index is -0.469. The third-order valence-electron chi connectivity index (χ3n) is 5.69. The summed E-state index contributed by atoms with van der Waals surface area (Å²) < 4.78 is 5.46. The first-order chi connectivity index (χ1) is 15.5. The Balaban J connectivity index is 1.36. The molecule has 0 aromatic carbocycles. The number of pyridine rings is 1. The second kappa shape index (κ2) is 9.94. The first-order valence-electron chi connectivity index (χ1n) is 10.6. The first-order valence-corrected chi connectivity index (χ1v) is 11.4. The predicted octanol–water partition coefficient (Wildman–Crippen LogP) is 2.97. The molecular formula is C23H24N4O4S. The molecule has 1 unspecified atom stereocenters. The molecule has 1 fully saturated rings. The van der Waals surface area contributed by atoms with Crippen LogP contribution >= 0.6 is 11.3 Å². The minimum Gasteiger partial charge on any atom is -0.449 e. The second-order valence-electron chi connectivity index (χ2n) is 8.00. The van der Waals surface area contributed by atoms with Crippen LogP contribution in [-0.4, -0.2) is 52.8 Å². The highest BCUT2D eigenvalue weighted by atomic mass is 32.1. The van der Waals surface area contributed by atoms with Crippen molar-refractivity contribution in [3.05, 3.63) is 52.2 Å². The lowest BCUT2D eigenvalue weighted by atomic mass is 9.88. The molecule has 2 N–H and O–H groups in total. The summed E-state index contributed by atoms with van der Waals surface area (Å²) in [6.07, 6.45) is 8.37. The molecule has 2 atom stereocenters. The van der Waals surface area contributed by atoms with Crippen molar-refractivity contribution in [1.29, 1.82) is 5.26 Å². The molecule has 32 heavy (non-hydrogen) atoms. The summed E-state index contributed by atoms with van der Waals surface area (Å²) in [6, 6.07) is 5.87. The Morgan fingerprint density at radius 2 is 2.31 bits per heavy atom. The summed E-state index contributed by atoms with van der Waals surface area (Å²) in [5.74, 6) is -0.138. The van der Waals surface area contributed by atoms with Crippen molar-refractivity contribution >= 4 is 34.4 Å². The third-order valence-corrected chi connectivity index (χ3v) is 6.86. The zero-order valence-electron chi connectivity index (χ0n) is 17.5. The minimum absolute atomic E-state index is 0.165. The van der Waals surface area contributed by atoms with E-state index >= 15 is 0 Å². The SMILES string of the molecule is N#Cc1c(NC(=O)/C=C/c2cccnc2)sc2c1CCC(COC(=O)N1CC[C@@H](O)C1)C2. The molecule has 2 amide bonds. The van der Waals surface area contributed by atoms with Gasteiger partial charge >= 0.3 is 6.09 Å². The van der Waals surface area contributed by atoms with E-state index in [1.54, 1.807) is 24.5 Å². The normalized spacial score (nSPS) is 20.1. The highest BCUT2D eigenvalue weighted by Crippen LogP contribution is 2.39. The molecule has 8 nitrogen and oxygen atoms in total. The predicted molar refractivity (Wildman–Crippen MR) is 120 cm³/mol. The molecule has 3 heterocycles. The smallest absolute Gasteiger partial charge is 0.409 e. The summed E-state index contributed by atoms with van der Waals surface area (Å²) in [7, 11) is 0. The Hall–Kier alpha value is -3.22. The van der Waals surface area contributed by atoms with E-state index in [2.05, 4.69) is 16.4 Å². The van der Waals surface area contributed by atoms with Gasteiger partial charge in [0, 0.05) is 36.4 Å². The molecule has 9 heteroatoms. The summed E-state index contributed by atoms with van der Waals surface area (Å²) >= 11 is 1.42. The number of aromatic nitrogens is 1. The number of hydrogen-bond acceptors (Lipinski definition) is 7. The molecular weight excluding hydrogens is 428 g/mol. The summed E-state index contributed by atoms with van der Waals surface area (Å²) in [5.41, 5.74) is 2.32. The molecule has 0 spiro atoms. The second-order valence-corrected chi connectivity index (χ2v) is 9.11. The number of hydrogen-bond donors (Lipinski definition) is 2. The summed E-state index contributed by atoms with van der Waals surface area (Å²) in [4.78, 5) is 31.1. The van der Waals surface area contributed by atoms with Crippen molar-refractivity contribution < 1.29 is 19.4 Å². The van der Waals surface area contributed by atoms with Gasteiger partial charge in [-0.15, -0.1) is 11.3 Å². The van der Waals surface area contributed by atoms with Gasteiger partial charge in [0.25, 0.3) is 0 Å². The Kier molecular flexibility index (Phi) is 6.83. The number of β-amino-alcohol motifs (C(OH)–C–C–N with tert-alkyl or cyclic N) is 1. The maximum absolute atomic E-state index is 12.4. The number of nitrogens with one attached hydrogen (secondary N) is 1. The number of thiophene rings is 1. The molecule has 1 aliphatic heterocycles. The van der Waals surface area contributed by atoms with Crippen molar-refractivity contribution in [3.8, 4) is 6.07 Å². The van der Waals surface area contributed by atoms with Gasteiger partial charge in [-0.3, -0.25) is 9.78 Å². The van der Waals surface area contributed by atoms with E-state index < -0.39 is 6.10 Å². The van der Waals surface area contributed by atoms with Crippen LogP contribution in [0.2, 0.25) is 0 Å². The average molecular weight is 453 g/mol. The van der Waals surface area contributed by atoms with Gasteiger partial charge in [0.1, 0.15) is 11.1 Å². The van der Waals surface area contributed by atoms with Gasteiger partial charge in [0.05, 0.1) is 18.3 Å². The van der Waals surface area contributed by atoms with E-state index in [0.717, 1.165) is 22.4 Å². The fraction of sp³-hybridized carbons (Fsp3) is 0.391. The number of likely N-dealkylation sites (tertiary alicyclic amines) is 1. The molecule has 4 rings (SSSR count). The Bertz CT molecular complexity index is 1060. The lowest BCUT2D eigenvalue weighted by Crippen LogP contribution is -2.32. The average Bonchev–Trinajstić information content (AvgIpc) is 3.39. The molecule has 0 saturated carbocycles. The quantitative estimate of drug-likeness (QED) is 0.674. The van der Waals surface area contributed by atoms with Crippen molar-refractivity contribution in [2.24, 2.45) is 5.92 Å². The Morgan fingerprint density at radius 1 is 1.44 bits per heavy atom. The Labute approximate surface area is 190 Å². The van der Waals surface area contributed by atoms with E-state index in [0.29, 0.717) is 49.5 Å². The number of rotatable bonds is 5. The van der Waals surface area contributed by atoms with Crippen LogP contribution in [0.15, 0.2) is 30.6 Å². The number of aliphatic hydroxyl groups excluding tert-OH is 1. The van der Waals surface area contributed by atoms with Crippen molar-refractivity contribution in [1.82, 2.24) is 9.88 Å². The van der Waals surface area contributed by atoms with E-state index in [-0.39, 0.29) is 17.9 Å². The van der Waals surface area contributed by atoms with Crippen LogP contribution < -0.4 is 5.32 Å². The fourth-order valence-corrected chi connectivity index (χ4v) is 5.31. The summed E-state index contributed by atoms with van der Waals surface area (Å²) in [6.45, 7) is 1.14. The van der Waals surface area contributed by atoms with Gasteiger partial charge in [-0.25, -0.2) is 4.79 Å². The van der Waals surface area contributed by atoms with E-state index in [4.69, 9.17) is 4.74 Å². The maximum atomic E-state index is 12.4. The number of ether oxygens (including phenoxy) is 1. The number of carbonyl (C=O) groups excluding carboxylic acids is 2. The van der Waals surface area contributed by atoms with E-state index in [9.17, 15) is 20.0 Å². The Morgan fingerprint density at radius 3 is 3.03 bits per heavy atom. The number of amides is 2. The van der Waals surface area contributed by atoms with Crippen LogP contribution in [-0.2, 0) is 22.4 Å². The van der Waals surface area contributed by atoms with Crippen LogP contribution in [0, 0.1) is 17.2 Å². The van der Waals surface area contributed by atoms with Crippen LogP contribution in [0.25, 0.3) is 6.08 Å². The van der Waals surface area contributed by atoms with Crippen LogP contribution in [0.4, 0.5) is 9.80 Å². The van der Waals surface area contributed by atoms with E-state index in [1.165, 1.54) is 22.3 Å². The van der Waals surface area contributed by atoms with Gasteiger partial charge in [-0.1, -0.05) is 6.07 Å². The van der Waals surface area contributed by atoms with Crippen molar-refractivity contribution in [3.63, 3.8) is 0 Å². The fourth-order valence-electron chi connectivity index (χ4n) is 3.99. The number of nitrogens with zero attached hydrogens (tertiary/aromatic N) is 3. The zero-order valence-corrected chi connectivity index (χ0v) is 18.3. The third kappa shape index (κ3) is 5.15. The molecule has 1 saturated heterocycles.